The van der Waals surface area contributed by atoms with Gasteiger partial charge in [-0.05, 0) is 105 Å². The molecule has 34 heavy (non-hydrogen) atoms. The summed E-state index contributed by atoms with van der Waals surface area (Å²) in [4.78, 5) is 11.1. The van der Waals surface area contributed by atoms with Crippen LogP contribution in [0.3, 0.4) is 0 Å². The molecule has 2 aromatic heterocycles. The first-order valence-corrected chi connectivity index (χ1v) is 13.0. The Kier molecular flexibility index (Phi) is 7.02. The lowest BCUT2D eigenvalue weighted by molar-refractivity contribution is 0.213. The number of fused-ring (bicyclic) bond motifs is 1. The van der Waals surface area contributed by atoms with Crippen LogP contribution >= 0.6 is 11.8 Å². The zero-order valence-corrected chi connectivity index (χ0v) is 20.3. The van der Waals surface area contributed by atoms with Crippen LogP contribution < -0.4 is 0 Å². The largest absolute Gasteiger partial charge is 0.331 e. The maximum absolute atomic E-state index is 14.2. The third kappa shape index (κ3) is 4.77. The summed E-state index contributed by atoms with van der Waals surface area (Å²) < 4.78 is 29.4. The average molecular weight is 481 g/mol. The maximum Gasteiger partial charge on any atom is 0.134 e. The number of H-pyrrole nitrogens is 1. The molecular weight excluding hydrogens is 450 g/mol. The van der Waals surface area contributed by atoms with Crippen LogP contribution in [0.1, 0.15) is 43.4 Å². The van der Waals surface area contributed by atoms with Gasteiger partial charge in [0.1, 0.15) is 17.5 Å². The van der Waals surface area contributed by atoms with Crippen molar-refractivity contribution >= 4 is 22.7 Å². The number of aromatic amines is 1. The Morgan fingerprint density at radius 3 is 2.53 bits per heavy atom. The molecule has 1 aliphatic heterocycles. The van der Waals surface area contributed by atoms with Crippen molar-refractivity contribution in [2.45, 2.75) is 43.4 Å². The van der Waals surface area contributed by atoms with Crippen LogP contribution in [0.2, 0.25) is 0 Å². The van der Waals surface area contributed by atoms with E-state index in [0.717, 1.165) is 72.7 Å². The molecule has 0 radical (unpaired) electrons. The fourth-order valence-electron chi connectivity index (χ4n) is 5.24. The van der Waals surface area contributed by atoms with Crippen LogP contribution in [-0.4, -0.2) is 44.8 Å². The van der Waals surface area contributed by atoms with Gasteiger partial charge in [-0.3, -0.25) is 4.57 Å². The standard InChI is InChI=1S/C27H30F2N4S/c1-2-24-27(23-9-6-21(29)16-25(23)33(24)26-17-30-18-31-26)19-10-13-32(14-11-19)12-3-15-34-22-7-4-20(28)5-8-22/h4-9,16-19H,2-3,10-15H2,1H3,(H,30,31). The van der Waals surface area contributed by atoms with E-state index in [1.54, 1.807) is 36.4 Å². The van der Waals surface area contributed by atoms with Crippen LogP contribution in [-0.2, 0) is 6.42 Å². The number of benzene rings is 2. The fourth-order valence-corrected chi connectivity index (χ4v) is 6.08. The highest BCUT2D eigenvalue weighted by Gasteiger charge is 2.27. The summed E-state index contributed by atoms with van der Waals surface area (Å²) in [5.74, 6) is 1.99. The van der Waals surface area contributed by atoms with Gasteiger partial charge in [0.05, 0.1) is 18.0 Å². The van der Waals surface area contributed by atoms with Crippen LogP contribution in [0, 0.1) is 11.6 Å². The zero-order valence-electron chi connectivity index (χ0n) is 19.4. The summed E-state index contributed by atoms with van der Waals surface area (Å²) in [5, 5.41) is 1.15. The predicted octanol–water partition coefficient (Wildman–Crippen LogP) is 6.56. The van der Waals surface area contributed by atoms with E-state index in [4.69, 9.17) is 0 Å². The third-order valence-corrected chi connectivity index (χ3v) is 7.93. The van der Waals surface area contributed by atoms with E-state index in [9.17, 15) is 8.78 Å². The smallest absolute Gasteiger partial charge is 0.134 e. The van der Waals surface area contributed by atoms with Gasteiger partial charge in [0, 0.05) is 16.0 Å². The van der Waals surface area contributed by atoms with Gasteiger partial charge in [-0.15, -0.1) is 11.8 Å². The Morgan fingerprint density at radius 2 is 1.82 bits per heavy atom. The molecule has 4 nitrogen and oxygen atoms in total. The summed E-state index contributed by atoms with van der Waals surface area (Å²) in [6.45, 7) is 5.41. The highest BCUT2D eigenvalue weighted by atomic mass is 32.2. The maximum atomic E-state index is 14.2. The van der Waals surface area contributed by atoms with Crippen molar-refractivity contribution in [2.24, 2.45) is 0 Å². The van der Waals surface area contributed by atoms with Gasteiger partial charge in [0.25, 0.3) is 0 Å². The molecule has 0 aliphatic carbocycles. The monoisotopic (exact) mass is 480 g/mol. The lowest BCUT2D eigenvalue weighted by Gasteiger charge is -2.32. The van der Waals surface area contributed by atoms with E-state index in [1.165, 1.54) is 23.4 Å². The Hall–Kier alpha value is -2.64. The second kappa shape index (κ2) is 10.3. The topological polar surface area (TPSA) is 36.9 Å². The highest BCUT2D eigenvalue weighted by molar-refractivity contribution is 7.99. The number of aromatic nitrogens is 3. The second-order valence-corrected chi connectivity index (χ2v) is 10.1. The normalized spacial score (nSPS) is 15.4. The summed E-state index contributed by atoms with van der Waals surface area (Å²) in [6, 6.07) is 11.9. The Bertz CT molecular complexity index is 1230. The number of piperidine rings is 1. The lowest BCUT2D eigenvalue weighted by Crippen LogP contribution is -2.34. The quantitative estimate of drug-likeness (QED) is 0.229. The van der Waals surface area contributed by atoms with Gasteiger partial charge in [0.2, 0.25) is 0 Å². The number of hydrogen-bond acceptors (Lipinski definition) is 3. The molecule has 1 saturated heterocycles. The van der Waals surface area contributed by atoms with Crippen molar-refractivity contribution in [3.63, 3.8) is 0 Å². The third-order valence-electron chi connectivity index (χ3n) is 6.83. The van der Waals surface area contributed by atoms with Gasteiger partial charge in [0.15, 0.2) is 0 Å². The van der Waals surface area contributed by atoms with Gasteiger partial charge in [-0.1, -0.05) is 6.92 Å². The van der Waals surface area contributed by atoms with E-state index < -0.39 is 0 Å². The number of nitrogens with zero attached hydrogens (tertiary/aromatic N) is 3. The number of likely N-dealkylation sites (tertiary alicyclic amines) is 1. The first-order chi connectivity index (χ1) is 16.6. The minimum atomic E-state index is -0.215. The van der Waals surface area contributed by atoms with Crippen LogP contribution in [0.4, 0.5) is 8.78 Å². The van der Waals surface area contributed by atoms with Crippen LogP contribution in [0.25, 0.3) is 16.7 Å². The van der Waals surface area contributed by atoms with Crippen molar-refractivity contribution in [3.05, 3.63) is 77.9 Å². The molecule has 1 N–H and O–H groups in total. The van der Waals surface area contributed by atoms with Crippen molar-refractivity contribution < 1.29 is 8.78 Å². The number of imidazole rings is 1. The summed E-state index contributed by atoms with van der Waals surface area (Å²) in [7, 11) is 0. The molecule has 0 atom stereocenters. The Morgan fingerprint density at radius 1 is 1.06 bits per heavy atom. The van der Waals surface area contributed by atoms with Gasteiger partial charge in [-0.2, -0.15) is 0 Å². The van der Waals surface area contributed by atoms with Gasteiger partial charge in [-0.25, -0.2) is 13.8 Å². The molecule has 3 heterocycles. The molecule has 5 rings (SSSR count). The minimum Gasteiger partial charge on any atom is -0.331 e. The van der Waals surface area contributed by atoms with Crippen molar-refractivity contribution in [1.82, 2.24) is 19.4 Å². The summed E-state index contributed by atoms with van der Waals surface area (Å²) in [5.41, 5.74) is 3.54. The molecule has 0 unspecified atom stereocenters. The molecule has 1 aliphatic rings. The average Bonchev–Trinajstić information content (AvgIpc) is 3.49. The van der Waals surface area contributed by atoms with Gasteiger partial charge >= 0.3 is 0 Å². The molecule has 7 heteroatoms. The van der Waals surface area contributed by atoms with Crippen LogP contribution in [0.5, 0.6) is 0 Å². The number of hydrogen-bond donors (Lipinski definition) is 1. The van der Waals surface area contributed by atoms with Crippen LogP contribution in [0.15, 0.2) is 59.9 Å². The fraction of sp³-hybridized carbons (Fsp3) is 0.370. The number of rotatable bonds is 8. The Balaban J connectivity index is 1.26. The van der Waals surface area contributed by atoms with Gasteiger partial charge < -0.3 is 9.88 Å². The van der Waals surface area contributed by atoms with Crippen molar-refractivity contribution in [3.8, 4) is 5.82 Å². The van der Waals surface area contributed by atoms with Crippen molar-refractivity contribution in [1.29, 1.82) is 0 Å². The SMILES string of the molecule is CCc1c(C2CCN(CCCSc3ccc(F)cc3)CC2)c2ccc(F)cc2n1-c1cnc[nH]1. The van der Waals surface area contributed by atoms with E-state index in [2.05, 4.69) is 26.4 Å². The van der Waals surface area contributed by atoms with E-state index in [0.29, 0.717) is 5.92 Å². The first-order valence-electron chi connectivity index (χ1n) is 12.1. The minimum absolute atomic E-state index is 0.184. The number of nitrogens with one attached hydrogen (secondary N) is 1. The van der Waals surface area contributed by atoms with E-state index in [1.807, 2.05) is 18.2 Å². The molecule has 0 spiro atoms. The van der Waals surface area contributed by atoms with Crippen molar-refractivity contribution in [2.75, 3.05) is 25.4 Å². The molecule has 0 saturated carbocycles. The molecule has 0 bridgehead atoms. The molecule has 4 aromatic rings. The highest BCUT2D eigenvalue weighted by Crippen LogP contribution is 2.39. The molecule has 178 valence electrons. The molecule has 2 aromatic carbocycles. The second-order valence-electron chi connectivity index (χ2n) is 8.92. The predicted molar refractivity (Wildman–Crippen MR) is 135 cm³/mol. The molecular formula is C27H30F2N4S. The molecule has 1 fully saturated rings. The van der Waals surface area contributed by atoms with E-state index >= 15 is 0 Å². The Labute approximate surface area is 203 Å². The zero-order chi connectivity index (χ0) is 23.5. The molecule has 0 amide bonds. The number of thioether (sulfide) groups is 1. The van der Waals surface area contributed by atoms with E-state index in [-0.39, 0.29) is 11.6 Å². The summed E-state index contributed by atoms with van der Waals surface area (Å²) >= 11 is 1.79. The summed E-state index contributed by atoms with van der Waals surface area (Å²) in [6.07, 6.45) is 7.69. The first kappa shape index (κ1) is 23.1. The lowest BCUT2D eigenvalue weighted by atomic mass is 9.87. The number of halogens is 2.